The summed E-state index contributed by atoms with van der Waals surface area (Å²) in [4.78, 5) is 22.3. The van der Waals surface area contributed by atoms with E-state index in [0.717, 1.165) is 0 Å². The number of nitrogens with zero attached hydrogens (tertiary/aromatic N) is 3. The van der Waals surface area contributed by atoms with Crippen molar-refractivity contribution < 1.29 is 38.2 Å². The number of rotatable bonds is 10. The van der Waals surface area contributed by atoms with Crippen LogP contribution in [0.25, 0.3) is 17.5 Å². The molecule has 0 saturated carbocycles. The van der Waals surface area contributed by atoms with Crippen molar-refractivity contribution in [3.8, 4) is 34.5 Å². The van der Waals surface area contributed by atoms with Crippen LogP contribution in [0.2, 0.25) is 0 Å². The minimum absolute atomic E-state index is 0.0678. The Morgan fingerprint density at radius 1 is 1.03 bits per heavy atom. The molecule has 3 rings (SSSR count). The lowest BCUT2D eigenvalue weighted by Crippen LogP contribution is -2.00. The van der Waals surface area contributed by atoms with Gasteiger partial charge in [-0.3, -0.25) is 10.1 Å². The highest BCUT2D eigenvalue weighted by molar-refractivity contribution is 8.03. The van der Waals surface area contributed by atoms with Gasteiger partial charge in [-0.15, -0.1) is 10.2 Å². The largest absolute Gasteiger partial charge is 0.497 e. The Labute approximate surface area is 197 Å². The Balaban J connectivity index is 1.99. The average Bonchev–Trinajstić information content (AvgIpc) is 3.31. The zero-order valence-electron chi connectivity index (χ0n) is 18.4. The number of non-ortho nitro benzene ring substituents is 1. The molecule has 2 aromatic carbocycles. The lowest BCUT2D eigenvalue weighted by atomic mass is 10.1. The molecule has 34 heavy (non-hydrogen) atoms. The molecule has 0 aliphatic carbocycles. The number of aromatic nitrogens is 2. The predicted octanol–water partition coefficient (Wildman–Crippen LogP) is 3.90. The summed E-state index contributed by atoms with van der Waals surface area (Å²) in [7, 11) is 5.64. The molecule has 0 atom stereocenters. The van der Waals surface area contributed by atoms with Crippen molar-refractivity contribution in [2.24, 2.45) is 0 Å². The highest BCUT2D eigenvalue weighted by Crippen LogP contribution is 2.39. The van der Waals surface area contributed by atoms with Gasteiger partial charge in [0.05, 0.1) is 39.4 Å². The van der Waals surface area contributed by atoms with Gasteiger partial charge in [-0.25, -0.2) is 4.79 Å². The second-order valence-corrected chi connectivity index (χ2v) is 7.41. The molecule has 1 N–H and O–H groups in total. The van der Waals surface area contributed by atoms with Crippen LogP contribution >= 0.6 is 11.8 Å². The van der Waals surface area contributed by atoms with Gasteiger partial charge in [0.1, 0.15) is 16.4 Å². The number of carbonyl (C=O) groups is 1. The number of benzene rings is 2. The van der Waals surface area contributed by atoms with Crippen LogP contribution in [0, 0.1) is 10.1 Å². The molecule has 1 aromatic heterocycles. The molecule has 0 bridgehead atoms. The van der Waals surface area contributed by atoms with E-state index >= 15 is 0 Å². The fraction of sp³-hybridized carbons (Fsp3) is 0.190. The number of carboxylic acid groups (broad SMARTS) is 1. The second-order valence-electron chi connectivity index (χ2n) is 6.42. The summed E-state index contributed by atoms with van der Waals surface area (Å²) in [5, 5.41) is 28.8. The van der Waals surface area contributed by atoms with Crippen molar-refractivity contribution >= 4 is 29.5 Å². The lowest BCUT2D eigenvalue weighted by Gasteiger charge is -2.11. The zero-order chi connectivity index (χ0) is 24.8. The van der Waals surface area contributed by atoms with E-state index in [0.29, 0.717) is 28.8 Å². The molecule has 0 aliphatic rings. The van der Waals surface area contributed by atoms with Gasteiger partial charge >= 0.3 is 5.97 Å². The van der Waals surface area contributed by atoms with Gasteiger partial charge in [0.25, 0.3) is 10.9 Å². The number of hydrogen-bond acceptors (Lipinski definition) is 11. The molecular weight excluding hydrogens is 470 g/mol. The maximum Gasteiger partial charge on any atom is 0.342 e. The third kappa shape index (κ3) is 5.38. The van der Waals surface area contributed by atoms with Crippen LogP contribution in [0.15, 0.2) is 44.9 Å². The summed E-state index contributed by atoms with van der Waals surface area (Å²) in [5.74, 6) is -0.00887. The molecule has 3 aromatic rings. The lowest BCUT2D eigenvalue weighted by molar-refractivity contribution is -0.385. The van der Waals surface area contributed by atoms with Gasteiger partial charge < -0.3 is 28.5 Å². The monoisotopic (exact) mass is 489 g/mol. The van der Waals surface area contributed by atoms with Crippen LogP contribution in [0.1, 0.15) is 5.56 Å². The number of thioether (sulfide) groups is 1. The van der Waals surface area contributed by atoms with Crippen molar-refractivity contribution in [1.82, 2.24) is 10.2 Å². The summed E-state index contributed by atoms with van der Waals surface area (Å²) in [5.41, 5.74) is 0.322. The molecule has 0 radical (unpaired) electrons. The molecule has 13 heteroatoms. The van der Waals surface area contributed by atoms with Crippen molar-refractivity contribution in [3.05, 3.63) is 50.9 Å². The van der Waals surface area contributed by atoms with Crippen LogP contribution in [0.3, 0.4) is 0 Å². The molecule has 0 spiro atoms. The van der Waals surface area contributed by atoms with E-state index in [4.69, 9.17) is 23.4 Å². The van der Waals surface area contributed by atoms with Crippen LogP contribution in [0.4, 0.5) is 5.69 Å². The predicted molar refractivity (Wildman–Crippen MR) is 121 cm³/mol. The van der Waals surface area contributed by atoms with Crippen molar-refractivity contribution in [2.75, 3.05) is 28.4 Å². The Hall–Kier alpha value is -4.26. The summed E-state index contributed by atoms with van der Waals surface area (Å²) >= 11 is 0.667. The number of nitro benzene ring substituents is 1. The maximum atomic E-state index is 11.9. The number of ether oxygens (including phenoxy) is 4. The fourth-order valence-electron chi connectivity index (χ4n) is 2.86. The quantitative estimate of drug-likeness (QED) is 0.190. The Morgan fingerprint density at radius 3 is 2.24 bits per heavy atom. The van der Waals surface area contributed by atoms with Gasteiger partial charge in [0, 0.05) is 23.3 Å². The van der Waals surface area contributed by atoms with Crippen LogP contribution in [-0.2, 0) is 4.79 Å². The topological polar surface area (TPSA) is 156 Å². The molecule has 0 saturated heterocycles. The number of hydrogen-bond donors (Lipinski definition) is 1. The third-order valence-electron chi connectivity index (χ3n) is 4.40. The van der Waals surface area contributed by atoms with Gasteiger partial charge in [-0.2, -0.15) is 0 Å². The minimum atomic E-state index is -1.32. The van der Waals surface area contributed by atoms with E-state index < -0.39 is 10.9 Å². The minimum Gasteiger partial charge on any atom is -0.497 e. The van der Waals surface area contributed by atoms with E-state index in [1.807, 2.05) is 0 Å². The fourth-order valence-corrected chi connectivity index (χ4v) is 3.52. The van der Waals surface area contributed by atoms with Crippen molar-refractivity contribution in [2.45, 2.75) is 5.22 Å². The Kier molecular flexibility index (Phi) is 7.58. The second kappa shape index (κ2) is 10.6. The summed E-state index contributed by atoms with van der Waals surface area (Å²) < 4.78 is 26.5. The van der Waals surface area contributed by atoms with Crippen molar-refractivity contribution in [3.63, 3.8) is 0 Å². The van der Waals surface area contributed by atoms with E-state index in [1.165, 1.54) is 46.6 Å². The smallest absolute Gasteiger partial charge is 0.342 e. The van der Waals surface area contributed by atoms with Gasteiger partial charge in [-0.1, -0.05) is 0 Å². The molecular formula is C21H19N3O9S. The first-order chi connectivity index (χ1) is 16.3. The SMILES string of the molecule is COc1cc(OC)cc(-c2nnc(S/C(=C/c3cc([N+](=O)[O-])cc(OC)c3OC)C(=O)O)o2)c1. The van der Waals surface area contributed by atoms with Crippen LogP contribution < -0.4 is 18.9 Å². The molecule has 0 amide bonds. The first-order valence-corrected chi connectivity index (χ1v) is 10.2. The number of aliphatic carboxylic acids is 1. The Morgan fingerprint density at radius 2 is 1.71 bits per heavy atom. The highest BCUT2D eigenvalue weighted by Gasteiger charge is 2.21. The third-order valence-corrected chi connectivity index (χ3v) is 5.25. The molecule has 0 unspecified atom stereocenters. The maximum absolute atomic E-state index is 11.9. The number of methoxy groups -OCH3 is 4. The normalized spacial score (nSPS) is 11.1. The van der Waals surface area contributed by atoms with Gasteiger partial charge in [-0.05, 0) is 30.0 Å². The summed E-state index contributed by atoms with van der Waals surface area (Å²) in [6, 6.07) is 7.32. The Bertz CT molecular complexity index is 1230. The summed E-state index contributed by atoms with van der Waals surface area (Å²) in [6.45, 7) is 0. The van der Waals surface area contributed by atoms with E-state index in [9.17, 15) is 20.0 Å². The van der Waals surface area contributed by atoms with Gasteiger partial charge in [0.2, 0.25) is 5.89 Å². The molecule has 1 heterocycles. The number of carboxylic acids is 1. The molecule has 178 valence electrons. The first kappa shape index (κ1) is 24.4. The van der Waals surface area contributed by atoms with E-state index in [1.54, 1.807) is 18.2 Å². The standard InChI is InChI=1S/C21H19N3O9S/c1-29-14-6-12(7-15(10-14)30-2)19-22-23-21(33-19)34-17(20(25)26)8-11-5-13(24(27)28)9-16(31-3)18(11)32-4/h5-10H,1-4H3,(H,25,26)/b17-8+. The zero-order valence-corrected chi connectivity index (χ0v) is 19.2. The van der Waals surface area contributed by atoms with E-state index in [2.05, 4.69) is 10.2 Å². The van der Waals surface area contributed by atoms with Crippen LogP contribution in [-0.4, -0.2) is 54.6 Å². The van der Waals surface area contributed by atoms with E-state index in [-0.39, 0.29) is 38.8 Å². The first-order valence-electron chi connectivity index (χ1n) is 9.39. The molecule has 12 nitrogen and oxygen atoms in total. The summed E-state index contributed by atoms with van der Waals surface area (Å²) in [6.07, 6.45) is 1.19. The number of nitro groups is 1. The molecule has 0 fully saturated rings. The van der Waals surface area contributed by atoms with Crippen LogP contribution in [0.5, 0.6) is 23.0 Å². The average molecular weight is 489 g/mol. The van der Waals surface area contributed by atoms with Gasteiger partial charge in [0.15, 0.2) is 11.5 Å². The highest BCUT2D eigenvalue weighted by atomic mass is 32.2. The molecule has 0 aliphatic heterocycles. The van der Waals surface area contributed by atoms with Crippen molar-refractivity contribution in [1.29, 1.82) is 0 Å².